The van der Waals surface area contributed by atoms with Gasteiger partial charge in [-0.2, -0.15) is 0 Å². The minimum Gasteiger partial charge on any atom is -0.504 e. The van der Waals surface area contributed by atoms with E-state index in [9.17, 15) is 30.0 Å². The average Bonchev–Trinajstić information content (AvgIpc) is 3.00. The van der Waals surface area contributed by atoms with Crippen LogP contribution in [-0.2, 0) is 14.3 Å². The number of esters is 1. The van der Waals surface area contributed by atoms with Crippen LogP contribution in [-0.4, -0.2) is 57.3 Å². The van der Waals surface area contributed by atoms with Crippen LogP contribution in [0.25, 0.3) is 6.08 Å². The molecule has 4 saturated carbocycles. The molecule has 6 rings (SSSR count). The first-order valence-electron chi connectivity index (χ1n) is 17.9. The molecule has 8 heteroatoms. The second-order valence-corrected chi connectivity index (χ2v) is 17.6. The summed E-state index contributed by atoms with van der Waals surface area (Å²) < 4.78 is 11.2. The molecule has 264 valence electrons. The number of methoxy groups -OCH3 is 1. The highest BCUT2D eigenvalue weighted by Gasteiger charge is 2.72. The highest BCUT2D eigenvalue weighted by molar-refractivity contribution is 5.87. The molecule has 48 heavy (non-hydrogen) atoms. The molecular weight excluding hydrogens is 608 g/mol. The van der Waals surface area contributed by atoms with E-state index in [1.165, 1.54) is 19.3 Å². The summed E-state index contributed by atoms with van der Waals surface area (Å²) in [5, 5.41) is 44.4. The van der Waals surface area contributed by atoms with Crippen LogP contribution in [0.4, 0.5) is 0 Å². The third kappa shape index (κ3) is 4.74. The van der Waals surface area contributed by atoms with Gasteiger partial charge >= 0.3 is 11.9 Å². The number of carbonyl (C=O) groups is 2. The molecular formula is C40H56O8. The standard InChI is InChI=1S/C40H56O8/c1-23-15-18-40(34(44)45)20-19-37(5)25(32(40)39(23,7)46)11-13-30-36(4)22-27(42)33(35(2,3)29(36)16-17-38(30,37)6)48-31(43)14-10-24-9-12-26(41)28(21-24)47-8/h9-12,14,21,23,27,29-30,32-33,41-42,46H,13,15-20,22H2,1-8H3,(H,44,45)/b14-10+. The Bertz CT molecular complexity index is 1540. The van der Waals surface area contributed by atoms with Crippen molar-refractivity contribution in [3.8, 4) is 11.5 Å². The summed E-state index contributed by atoms with van der Waals surface area (Å²) in [5.41, 5.74) is -1.43. The van der Waals surface area contributed by atoms with Crippen molar-refractivity contribution in [1.29, 1.82) is 0 Å². The van der Waals surface area contributed by atoms with E-state index in [2.05, 4.69) is 47.6 Å². The smallest absolute Gasteiger partial charge is 0.331 e. The van der Waals surface area contributed by atoms with Gasteiger partial charge in [-0.15, -0.1) is 0 Å². The van der Waals surface area contributed by atoms with Gasteiger partial charge in [0.2, 0.25) is 0 Å². The summed E-state index contributed by atoms with van der Waals surface area (Å²) in [6.07, 6.45) is 9.52. The fourth-order valence-electron chi connectivity index (χ4n) is 12.3. The number of carboxylic acids is 1. The van der Waals surface area contributed by atoms with Crippen LogP contribution in [0.5, 0.6) is 11.5 Å². The van der Waals surface area contributed by atoms with Crippen LogP contribution in [0.2, 0.25) is 0 Å². The number of phenolic OH excluding ortho intramolecular Hbond substituents is 1. The Hall–Kier alpha value is -2.84. The molecule has 0 spiro atoms. The highest BCUT2D eigenvalue weighted by Crippen LogP contribution is 2.76. The predicted octanol–water partition coefficient (Wildman–Crippen LogP) is 7.15. The van der Waals surface area contributed by atoms with Crippen LogP contribution < -0.4 is 4.74 Å². The van der Waals surface area contributed by atoms with Crippen molar-refractivity contribution in [3.63, 3.8) is 0 Å². The largest absolute Gasteiger partial charge is 0.504 e. The van der Waals surface area contributed by atoms with E-state index in [1.807, 2.05) is 6.92 Å². The molecule has 5 aliphatic rings. The van der Waals surface area contributed by atoms with Gasteiger partial charge in [0, 0.05) is 17.4 Å². The Labute approximate surface area is 285 Å². The molecule has 4 N–H and O–H groups in total. The monoisotopic (exact) mass is 664 g/mol. The molecule has 1 aromatic carbocycles. The third-order valence-electron chi connectivity index (χ3n) is 15.2. The number of carboxylic acid groups (broad SMARTS) is 1. The van der Waals surface area contributed by atoms with Gasteiger partial charge in [-0.05, 0) is 116 Å². The van der Waals surface area contributed by atoms with Crippen LogP contribution in [0, 0.1) is 50.7 Å². The zero-order valence-electron chi connectivity index (χ0n) is 30.0. The Kier molecular flexibility index (Phi) is 8.27. The first-order valence-corrected chi connectivity index (χ1v) is 17.9. The number of aliphatic carboxylic acids is 1. The van der Waals surface area contributed by atoms with Gasteiger partial charge < -0.3 is 29.9 Å². The zero-order valence-corrected chi connectivity index (χ0v) is 30.0. The van der Waals surface area contributed by atoms with Crippen molar-refractivity contribution >= 4 is 18.0 Å². The number of carbonyl (C=O) groups excluding carboxylic acids is 1. The molecule has 0 aliphatic heterocycles. The molecule has 0 radical (unpaired) electrons. The fraction of sp³-hybridized carbons (Fsp3) is 0.700. The van der Waals surface area contributed by atoms with Crippen molar-refractivity contribution in [2.75, 3.05) is 7.11 Å². The first kappa shape index (κ1) is 35.0. The number of aliphatic hydroxyl groups is 2. The van der Waals surface area contributed by atoms with Gasteiger partial charge in [0.1, 0.15) is 6.10 Å². The molecule has 4 fully saturated rings. The van der Waals surface area contributed by atoms with Crippen molar-refractivity contribution in [2.45, 2.75) is 118 Å². The number of benzene rings is 1. The number of aromatic hydroxyl groups is 1. The summed E-state index contributed by atoms with van der Waals surface area (Å²) in [5.74, 6) is -0.985. The van der Waals surface area contributed by atoms with E-state index in [0.717, 1.165) is 31.3 Å². The van der Waals surface area contributed by atoms with Crippen LogP contribution in [0.15, 0.2) is 35.9 Å². The number of fused-ring (bicyclic) bond motifs is 7. The number of phenols is 1. The quantitative estimate of drug-likeness (QED) is 0.148. The van der Waals surface area contributed by atoms with E-state index in [4.69, 9.17) is 9.47 Å². The maximum Gasteiger partial charge on any atom is 0.331 e. The molecule has 11 unspecified atom stereocenters. The van der Waals surface area contributed by atoms with Gasteiger partial charge in [0.15, 0.2) is 11.5 Å². The SMILES string of the molecule is COc1cc(/C=C/C(=O)OC2C(O)CC3(C)C(CCC4(C)C3CC=C3C5C(C(=O)O)(CCC(C)C5(C)O)CCC34C)C2(C)C)ccc1O. The zero-order chi connectivity index (χ0) is 35.2. The van der Waals surface area contributed by atoms with E-state index in [1.54, 1.807) is 18.2 Å². The fourth-order valence-corrected chi connectivity index (χ4v) is 12.3. The summed E-state index contributed by atoms with van der Waals surface area (Å²) in [7, 11) is 1.47. The van der Waals surface area contributed by atoms with Crippen molar-refractivity contribution in [1.82, 2.24) is 0 Å². The van der Waals surface area contributed by atoms with E-state index >= 15 is 0 Å². The van der Waals surface area contributed by atoms with Crippen molar-refractivity contribution < 1.29 is 39.5 Å². The summed E-state index contributed by atoms with van der Waals surface area (Å²) in [6, 6.07) is 4.82. The van der Waals surface area contributed by atoms with Gasteiger partial charge in [-0.25, -0.2) is 4.79 Å². The second-order valence-electron chi connectivity index (χ2n) is 17.6. The summed E-state index contributed by atoms with van der Waals surface area (Å²) in [4.78, 5) is 26.2. The lowest BCUT2D eigenvalue weighted by Crippen LogP contribution is -2.69. The number of hydrogen-bond donors (Lipinski definition) is 4. The molecule has 11 atom stereocenters. The molecule has 8 nitrogen and oxygen atoms in total. The Morgan fingerprint density at radius 3 is 2.35 bits per heavy atom. The normalized spacial score (nSPS) is 44.8. The van der Waals surface area contributed by atoms with Crippen molar-refractivity contribution in [3.05, 3.63) is 41.5 Å². The topological polar surface area (TPSA) is 134 Å². The molecule has 0 bridgehead atoms. The lowest BCUT2D eigenvalue weighted by molar-refractivity contribution is -0.242. The highest BCUT2D eigenvalue weighted by atomic mass is 16.6. The minimum atomic E-state index is -1.11. The number of ether oxygens (including phenoxy) is 2. The summed E-state index contributed by atoms with van der Waals surface area (Å²) in [6.45, 7) is 15.2. The Morgan fingerprint density at radius 1 is 0.979 bits per heavy atom. The first-order chi connectivity index (χ1) is 22.3. The molecule has 1 aromatic rings. The molecule has 0 amide bonds. The maximum absolute atomic E-state index is 13.2. The van der Waals surface area contributed by atoms with Crippen LogP contribution >= 0.6 is 0 Å². The van der Waals surface area contributed by atoms with E-state index in [0.29, 0.717) is 37.0 Å². The van der Waals surface area contributed by atoms with Gasteiger partial charge in [0.05, 0.1) is 24.2 Å². The lowest BCUT2D eigenvalue weighted by atomic mass is 9.33. The summed E-state index contributed by atoms with van der Waals surface area (Å²) >= 11 is 0. The van der Waals surface area contributed by atoms with E-state index < -0.39 is 46.5 Å². The number of aliphatic hydroxyl groups excluding tert-OH is 1. The third-order valence-corrected chi connectivity index (χ3v) is 15.2. The van der Waals surface area contributed by atoms with Gasteiger partial charge in [-0.3, -0.25) is 4.79 Å². The maximum atomic E-state index is 13.2. The van der Waals surface area contributed by atoms with Crippen LogP contribution in [0.1, 0.15) is 105 Å². The van der Waals surface area contributed by atoms with Gasteiger partial charge in [-0.1, -0.05) is 59.3 Å². The van der Waals surface area contributed by atoms with E-state index in [-0.39, 0.29) is 39.7 Å². The lowest BCUT2D eigenvalue weighted by Gasteiger charge is -2.72. The Balaban J connectivity index is 1.29. The minimum absolute atomic E-state index is 0.00436. The molecule has 5 aliphatic carbocycles. The molecule has 0 aromatic heterocycles. The van der Waals surface area contributed by atoms with Crippen molar-refractivity contribution in [2.24, 2.45) is 50.7 Å². The molecule has 0 heterocycles. The number of rotatable bonds is 5. The van der Waals surface area contributed by atoms with Crippen LogP contribution in [0.3, 0.4) is 0 Å². The predicted molar refractivity (Wildman–Crippen MR) is 183 cm³/mol. The number of allylic oxidation sites excluding steroid dienone is 1. The second kappa shape index (κ2) is 11.3. The number of hydrogen-bond acceptors (Lipinski definition) is 7. The van der Waals surface area contributed by atoms with Gasteiger partial charge in [0.25, 0.3) is 0 Å². The Morgan fingerprint density at radius 2 is 1.69 bits per heavy atom. The average molecular weight is 665 g/mol. The molecule has 0 saturated heterocycles.